The molecule has 8 rings (SSSR count). The van der Waals surface area contributed by atoms with Gasteiger partial charge >= 0.3 is 0 Å². The summed E-state index contributed by atoms with van der Waals surface area (Å²) in [7, 11) is 0. The Morgan fingerprint density at radius 1 is 0.907 bits per heavy atom. The summed E-state index contributed by atoms with van der Waals surface area (Å²) in [5, 5.41) is 4.37. The maximum atomic E-state index is 14.9. The summed E-state index contributed by atoms with van der Waals surface area (Å²) in [6.07, 6.45) is 5.39. The van der Waals surface area contributed by atoms with Crippen LogP contribution in [0.25, 0.3) is 11.3 Å². The van der Waals surface area contributed by atoms with Crippen LogP contribution in [0.4, 0.5) is 5.69 Å². The molecule has 8 heteroatoms. The molecule has 4 heterocycles. The lowest BCUT2D eigenvalue weighted by Crippen LogP contribution is -2.56. The molecule has 1 amide bonds. The minimum absolute atomic E-state index is 0.0332. The summed E-state index contributed by atoms with van der Waals surface area (Å²) in [6.45, 7) is 0. The second kappa shape index (κ2) is 10.3. The van der Waals surface area contributed by atoms with E-state index in [1.54, 1.807) is 0 Å². The Kier molecular flexibility index (Phi) is 6.64. The van der Waals surface area contributed by atoms with E-state index in [0.717, 1.165) is 47.0 Å². The summed E-state index contributed by atoms with van der Waals surface area (Å²) in [4.78, 5) is 32.0. The number of carbonyl (C=O) groups is 2. The molecule has 4 aliphatic rings. The zero-order chi connectivity index (χ0) is 29.5. The third-order valence-electron chi connectivity index (χ3n) is 10.2. The number of Topliss-reactive ketones (excluding diaryl/α,β-unsaturated/α-hetero) is 1. The van der Waals surface area contributed by atoms with Gasteiger partial charge in [-0.25, -0.2) is 0 Å². The molecule has 1 aliphatic carbocycles. The summed E-state index contributed by atoms with van der Waals surface area (Å²) in [6, 6.07) is 24.8. The van der Waals surface area contributed by atoms with Gasteiger partial charge in [0.1, 0.15) is 17.1 Å². The van der Waals surface area contributed by atoms with Gasteiger partial charge < -0.3 is 9.73 Å². The Hall–Kier alpha value is -2.90. The van der Waals surface area contributed by atoms with E-state index in [4.69, 9.17) is 27.6 Å². The van der Waals surface area contributed by atoms with Crippen LogP contribution in [0, 0.1) is 11.8 Å². The minimum Gasteiger partial charge on any atom is -0.461 e. The number of rotatable bonds is 4. The van der Waals surface area contributed by atoms with Gasteiger partial charge in [-0.2, -0.15) is 0 Å². The summed E-state index contributed by atoms with van der Waals surface area (Å²) < 4.78 is 7.55. The average Bonchev–Trinajstić information content (AvgIpc) is 3.75. The number of ketones is 1. The molecule has 218 valence electrons. The van der Waals surface area contributed by atoms with Gasteiger partial charge in [0.15, 0.2) is 5.78 Å². The number of amides is 1. The predicted molar refractivity (Wildman–Crippen MR) is 172 cm³/mol. The number of hydrogen-bond donors (Lipinski definition) is 1. The second-order valence-corrected chi connectivity index (χ2v) is 14.1. The predicted octanol–water partition coefficient (Wildman–Crippen LogP) is 9.09. The molecule has 3 aromatic carbocycles. The SMILES string of the molecule is O=C(c1ccc(Br)cc1)[C@H]1[C@H](c2ccc(-c3ccc(Cl)cc3)o2)C2CC3CCCCC3N2[C@]12C(=O)Nc1cc(Cl)ccc12. The smallest absolute Gasteiger partial charge is 0.250 e. The highest BCUT2D eigenvalue weighted by Crippen LogP contribution is 2.65. The maximum Gasteiger partial charge on any atom is 0.250 e. The first kappa shape index (κ1) is 27.6. The van der Waals surface area contributed by atoms with E-state index in [2.05, 4.69) is 26.1 Å². The van der Waals surface area contributed by atoms with Crippen molar-refractivity contribution in [2.45, 2.75) is 55.6 Å². The largest absolute Gasteiger partial charge is 0.461 e. The van der Waals surface area contributed by atoms with Gasteiger partial charge in [-0.15, -0.1) is 0 Å². The number of benzene rings is 3. The van der Waals surface area contributed by atoms with Gasteiger partial charge in [0.25, 0.3) is 0 Å². The highest BCUT2D eigenvalue weighted by Gasteiger charge is 2.72. The Bertz CT molecular complexity index is 1750. The highest BCUT2D eigenvalue weighted by atomic mass is 79.9. The van der Waals surface area contributed by atoms with Crippen molar-refractivity contribution in [3.63, 3.8) is 0 Å². The molecule has 5 nitrogen and oxygen atoms in total. The van der Waals surface area contributed by atoms with E-state index in [0.29, 0.717) is 33.0 Å². The van der Waals surface area contributed by atoms with Crippen molar-refractivity contribution in [2.24, 2.45) is 11.8 Å². The molecule has 1 saturated carbocycles. The molecule has 1 N–H and O–H groups in total. The minimum atomic E-state index is -1.18. The van der Waals surface area contributed by atoms with E-state index in [1.165, 1.54) is 6.42 Å². The fraction of sp³-hybridized carbons (Fsp3) is 0.314. The third-order valence-corrected chi connectivity index (χ3v) is 11.3. The number of fused-ring (bicyclic) bond motifs is 6. The van der Waals surface area contributed by atoms with Crippen LogP contribution >= 0.6 is 39.1 Å². The van der Waals surface area contributed by atoms with E-state index >= 15 is 0 Å². The van der Waals surface area contributed by atoms with Crippen LogP contribution < -0.4 is 5.32 Å². The van der Waals surface area contributed by atoms with E-state index < -0.39 is 11.5 Å². The van der Waals surface area contributed by atoms with Crippen molar-refractivity contribution in [3.05, 3.63) is 110 Å². The normalized spacial score (nSPS) is 29.4. The van der Waals surface area contributed by atoms with Gasteiger partial charge in [0, 0.05) is 54.9 Å². The molecule has 1 spiro atoms. The number of carbonyl (C=O) groups excluding carboxylic acids is 2. The van der Waals surface area contributed by atoms with Crippen molar-refractivity contribution >= 4 is 56.5 Å². The molecule has 3 fully saturated rings. The number of halogens is 3. The number of anilines is 1. The summed E-state index contributed by atoms with van der Waals surface area (Å²) >= 11 is 16.1. The monoisotopic (exact) mass is 674 g/mol. The van der Waals surface area contributed by atoms with Gasteiger partial charge in [-0.1, -0.05) is 70.2 Å². The first-order valence-corrected chi connectivity index (χ1v) is 16.5. The molecule has 43 heavy (non-hydrogen) atoms. The Morgan fingerprint density at radius 3 is 2.44 bits per heavy atom. The Morgan fingerprint density at radius 2 is 1.65 bits per heavy atom. The fourth-order valence-corrected chi connectivity index (χ4v) is 9.21. The van der Waals surface area contributed by atoms with Crippen molar-refractivity contribution in [1.82, 2.24) is 4.90 Å². The lowest BCUT2D eigenvalue weighted by atomic mass is 9.68. The topological polar surface area (TPSA) is 62.6 Å². The first-order valence-electron chi connectivity index (χ1n) is 14.9. The Labute approximate surface area is 268 Å². The van der Waals surface area contributed by atoms with Gasteiger partial charge in [0.05, 0.1) is 5.92 Å². The molecule has 6 atom stereocenters. The number of hydrogen-bond acceptors (Lipinski definition) is 4. The lowest BCUT2D eigenvalue weighted by molar-refractivity contribution is -0.129. The number of nitrogens with zero attached hydrogens (tertiary/aromatic N) is 1. The van der Waals surface area contributed by atoms with Crippen LogP contribution in [0.3, 0.4) is 0 Å². The third kappa shape index (κ3) is 4.13. The molecule has 1 aromatic heterocycles. The molecular weight excluding hydrogens is 647 g/mol. The lowest BCUT2D eigenvalue weighted by Gasteiger charge is -2.43. The number of furan rings is 1. The van der Waals surface area contributed by atoms with E-state index in [9.17, 15) is 9.59 Å². The van der Waals surface area contributed by atoms with Gasteiger partial charge in [0.2, 0.25) is 5.91 Å². The van der Waals surface area contributed by atoms with Crippen molar-refractivity contribution in [2.75, 3.05) is 5.32 Å². The van der Waals surface area contributed by atoms with Crippen LogP contribution in [0.5, 0.6) is 0 Å². The highest BCUT2D eigenvalue weighted by molar-refractivity contribution is 9.10. The van der Waals surface area contributed by atoms with Gasteiger partial charge in [-0.05, 0) is 85.8 Å². The molecule has 0 radical (unpaired) electrons. The molecule has 3 unspecified atom stereocenters. The van der Waals surface area contributed by atoms with Crippen LogP contribution in [0.1, 0.15) is 59.7 Å². The van der Waals surface area contributed by atoms with Crippen LogP contribution in [0.2, 0.25) is 10.0 Å². The zero-order valence-corrected chi connectivity index (χ0v) is 26.3. The van der Waals surface area contributed by atoms with Crippen LogP contribution in [-0.4, -0.2) is 28.7 Å². The average molecular weight is 676 g/mol. The molecule has 3 aliphatic heterocycles. The van der Waals surface area contributed by atoms with E-state index in [1.807, 2.05) is 78.9 Å². The summed E-state index contributed by atoms with van der Waals surface area (Å²) in [5.74, 6) is 0.693. The number of nitrogens with one attached hydrogen (secondary N) is 1. The van der Waals surface area contributed by atoms with Crippen molar-refractivity contribution < 1.29 is 14.0 Å². The maximum absolute atomic E-state index is 14.9. The quantitative estimate of drug-likeness (QED) is 0.219. The molecule has 4 aromatic rings. The molecular formula is C35H29BrCl2N2O3. The fourth-order valence-electron chi connectivity index (χ4n) is 8.64. The zero-order valence-electron chi connectivity index (χ0n) is 23.2. The van der Waals surface area contributed by atoms with E-state index in [-0.39, 0.29) is 29.7 Å². The van der Waals surface area contributed by atoms with Crippen LogP contribution in [0.15, 0.2) is 87.8 Å². The standard InChI is InChI=1S/C35H29BrCl2N2O3/c36-22-9-5-20(6-10-22)33(41)32-31(30-16-15-29(43-30)19-7-11-23(37)12-8-19)28-17-21-3-1-2-4-27(21)40(28)35(32)25-14-13-24(38)18-26(25)39-34(35)42/h5-16,18,21,27-28,31-32H,1-4,17H2,(H,39,42)/t21?,27?,28?,31-,32+,35-/m0/s1. The molecule has 2 saturated heterocycles. The Balaban J connectivity index is 1.36. The van der Waals surface area contributed by atoms with Gasteiger partial charge in [-0.3, -0.25) is 14.5 Å². The molecule has 0 bridgehead atoms. The second-order valence-electron chi connectivity index (χ2n) is 12.3. The van der Waals surface area contributed by atoms with Crippen LogP contribution in [-0.2, 0) is 10.3 Å². The summed E-state index contributed by atoms with van der Waals surface area (Å²) in [5.41, 5.74) is 1.84. The van der Waals surface area contributed by atoms with Crippen molar-refractivity contribution in [1.29, 1.82) is 0 Å². The first-order chi connectivity index (χ1) is 20.9. The van der Waals surface area contributed by atoms with Crippen molar-refractivity contribution in [3.8, 4) is 11.3 Å².